The summed E-state index contributed by atoms with van der Waals surface area (Å²) >= 11 is 0. The zero-order valence-electron chi connectivity index (χ0n) is 13.0. The van der Waals surface area contributed by atoms with E-state index in [9.17, 15) is 20.4 Å². The molecule has 0 aliphatic carbocycles. The average Bonchev–Trinajstić information content (AvgIpc) is 2.49. The zero-order valence-corrected chi connectivity index (χ0v) is 13.0. The fourth-order valence-electron chi connectivity index (χ4n) is 2.24. The SMILES string of the molecule is C[N+]1(CC(O)C(O)CO)C=C[N+](C)(CC(O)C(O)CO)C=C1. The number of likely N-dealkylation sites (N-methyl/N-ethyl adjacent to an activating group) is 2. The molecule has 0 saturated heterocycles. The average molecular weight is 320 g/mol. The van der Waals surface area contributed by atoms with Crippen molar-refractivity contribution >= 4 is 0 Å². The molecule has 0 aromatic heterocycles. The summed E-state index contributed by atoms with van der Waals surface area (Å²) in [6.45, 7) is -0.631. The van der Waals surface area contributed by atoms with E-state index in [0.29, 0.717) is 0 Å². The number of hydrogen-bond donors (Lipinski definition) is 6. The van der Waals surface area contributed by atoms with Gasteiger partial charge in [0.2, 0.25) is 0 Å². The van der Waals surface area contributed by atoms with E-state index in [1.54, 1.807) is 24.8 Å². The minimum absolute atomic E-state index is 0.191. The molecular weight excluding hydrogens is 292 g/mol. The standard InChI is InChI=1S/C14H28N2O6/c1-15(7-11(19)13(21)9-17)3-5-16(2,6-4-15)8-12(20)14(22)10-18/h3-6,11-14,17-22H,7-10H2,1-2H3/q+2. The quantitative estimate of drug-likeness (QED) is 0.270. The zero-order chi connectivity index (χ0) is 17.0. The van der Waals surface area contributed by atoms with E-state index < -0.39 is 37.6 Å². The number of quaternary nitrogens is 2. The summed E-state index contributed by atoms with van der Waals surface area (Å²) < 4.78 is 0.454. The predicted octanol–water partition coefficient (Wildman–Crippen LogP) is -2.74. The molecule has 22 heavy (non-hydrogen) atoms. The Hall–Kier alpha value is -0.840. The minimum atomic E-state index is -1.19. The van der Waals surface area contributed by atoms with Crippen molar-refractivity contribution in [2.24, 2.45) is 0 Å². The van der Waals surface area contributed by atoms with Gasteiger partial charge in [-0.25, -0.2) is 0 Å². The summed E-state index contributed by atoms with van der Waals surface area (Å²) in [7, 11) is 3.64. The van der Waals surface area contributed by atoms with Gasteiger partial charge >= 0.3 is 0 Å². The Kier molecular flexibility index (Phi) is 6.65. The Morgan fingerprint density at radius 2 is 0.909 bits per heavy atom. The Morgan fingerprint density at radius 3 is 1.14 bits per heavy atom. The molecular formula is C14H28N2O6+2. The monoisotopic (exact) mass is 320 g/mol. The lowest BCUT2D eigenvalue weighted by Gasteiger charge is -2.36. The van der Waals surface area contributed by atoms with Crippen LogP contribution in [0.15, 0.2) is 24.8 Å². The first kappa shape index (κ1) is 19.2. The van der Waals surface area contributed by atoms with Crippen molar-refractivity contribution in [2.75, 3.05) is 40.4 Å². The number of aliphatic hydroxyl groups is 6. The normalized spacial score (nSPS) is 33.5. The van der Waals surface area contributed by atoms with Crippen molar-refractivity contribution in [1.29, 1.82) is 0 Å². The van der Waals surface area contributed by atoms with Crippen LogP contribution in [0.1, 0.15) is 0 Å². The van der Waals surface area contributed by atoms with Crippen molar-refractivity contribution in [2.45, 2.75) is 24.4 Å². The van der Waals surface area contributed by atoms with Crippen LogP contribution in [0.5, 0.6) is 0 Å². The highest BCUT2D eigenvalue weighted by molar-refractivity contribution is 4.85. The second-order valence-corrected chi connectivity index (χ2v) is 6.29. The molecule has 4 unspecified atom stereocenters. The second kappa shape index (κ2) is 7.62. The summed E-state index contributed by atoms with van der Waals surface area (Å²) in [5, 5.41) is 56.2. The van der Waals surface area contributed by atoms with Gasteiger partial charge < -0.3 is 30.6 Å². The van der Waals surface area contributed by atoms with E-state index in [4.69, 9.17) is 10.2 Å². The van der Waals surface area contributed by atoms with Gasteiger partial charge in [-0.1, -0.05) is 0 Å². The van der Waals surface area contributed by atoms with E-state index in [1.807, 2.05) is 14.1 Å². The maximum Gasteiger partial charge on any atom is 0.155 e. The lowest BCUT2D eigenvalue weighted by molar-refractivity contribution is -0.868. The number of nitrogens with zero attached hydrogens (tertiary/aromatic N) is 2. The first-order valence-electron chi connectivity index (χ1n) is 7.19. The van der Waals surface area contributed by atoms with Gasteiger partial charge in [0.15, 0.2) is 24.8 Å². The van der Waals surface area contributed by atoms with Gasteiger partial charge in [-0.2, -0.15) is 0 Å². The summed E-state index contributed by atoms with van der Waals surface area (Å²) in [6.07, 6.45) is 2.67. The molecule has 0 amide bonds. The molecule has 0 aromatic carbocycles. The number of rotatable bonds is 8. The lowest BCUT2D eigenvalue weighted by atomic mass is 10.1. The molecule has 6 N–H and O–H groups in total. The van der Waals surface area contributed by atoms with Gasteiger partial charge in [0, 0.05) is 0 Å². The molecule has 1 aliphatic rings. The van der Waals surface area contributed by atoms with E-state index >= 15 is 0 Å². The van der Waals surface area contributed by atoms with Crippen LogP contribution in [0, 0.1) is 0 Å². The lowest BCUT2D eigenvalue weighted by Crippen LogP contribution is -2.51. The highest BCUT2D eigenvalue weighted by atomic mass is 16.4. The largest absolute Gasteiger partial charge is 0.394 e. The molecule has 0 saturated carbocycles. The molecule has 0 fully saturated rings. The van der Waals surface area contributed by atoms with E-state index in [1.165, 1.54) is 0 Å². The number of aliphatic hydroxyl groups excluding tert-OH is 6. The van der Waals surface area contributed by atoms with Crippen LogP contribution in [0.3, 0.4) is 0 Å². The first-order valence-corrected chi connectivity index (χ1v) is 7.19. The summed E-state index contributed by atoms with van der Waals surface area (Å²) in [5.74, 6) is 0. The summed E-state index contributed by atoms with van der Waals surface area (Å²) in [5.41, 5.74) is 0. The fraction of sp³-hybridized carbons (Fsp3) is 0.714. The molecule has 1 aliphatic heterocycles. The molecule has 4 atom stereocenters. The maximum absolute atomic E-state index is 9.82. The smallest absolute Gasteiger partial charge is 0.155 e. The predicted molar refractivity (Wildman–Crippen MR) is 78.6 cm³/mol. The molecule has 0 bridgehead atoms. The molecule has 0 spiro atoms. The summed E-state index contributed by atoms with van der Waals surface area (Å²) in [6, 6.07) is 0. The molecule has 1 rings (SSSR count). The van der Waals surface area contributed by atoms with Crippen LogP contribution >= 0.6 is 0 Å². The second-order valence-electron chi connectivity index (χ2n) is 6.29. The molecule has 8 nitrogen and oxygen atoms in total. The van der Waals surface area contributed by atoms with Crippen LogP contribution in [0.4, 0.5) is 0 Å². The van der Waals surface area contributed by atoms with E-state index in [0.717, 1.165) is 0 Å². The Labute approximate surface area is 130 Å². The van der Waals surface area contributed by atoms with Crippen LogP contribution < -0.4 is 0 Å². The first-order chi connectivity index (χ1) is 10.1. The topological polar surface area (TPSA) is 121 Å². The van der Waals surface area contributed by atoms with Gasteiger partial charge in [0.05, 0.1) is 27.3 Å². The Morgan fingerprint density at radius 1 is 0.636 bits per heavy atom. The van der Waals surface area contributed by atoms with Crippen LogP contribution in [0.2, 0.25) is 0 Å². The van der Waals surface area contributed by atoms with Crippen LogP contribution in [-0.2, 0) is 0 Å². The molecule has 128 valence electrons. The third-order valence-electron chi connectivity index (χ3n) is 3.92. The molecule has 1 heterocycles. The van der Waals surface area contributed by atoms with Gasteiger partial charge in [-0.3, -0.25) is 8.97 Å². The Bertz CT molecular complexity index is 364. The van der Waals surface area contributed by atoms with Gasteiger partial charge in [-0.15, -0.1) is 0 Å². The van der Waals surface area contributed by atoms with Crippen LogP contribution in [0.25, 0.3) is 0 Å². The highest BCUT2D eigenvalue weighted by Gasteiger charge is 2.34. The molecule has 8 heteroatoms. The summed E-state index contributed by atoms with van der Waals surface area (Å²) in [4.78, 5) is 0. The number of hydrogen-bond acceptors (Lipinski definition) is 6. The van der Waals surface area contributed by atoms with Crippen molar-refractivity contribution in [3.05, 3.63) is 24.8 Å². The molecule has 0 aromatic rings. The van der Waals surface area contributed by atoms with Crippen molar-refractivity contribution in [3.63, 3.8) is 0 Å². The Balaban J connectivity index is 2.69. The fourth-order valence-corrected chi connectivity index (χ4v) is 2.24. The maximum atomic E-state index is 9.82. The minimum Gasteiger partial charge on any atom is -0.394 e. The van der Waals surface area contributed by atoms with Crippen molar-refractivity contribution in [3.8, 4) is 0 Å². The molecule has 0 radical (unpaired) electrons. The van der Waals surface area contributed by atoms with Gasteiger partial charge in [0.25, 0.3) is 0 Å². The highest BCUT2D eigenvalue weighted by Crippen LogP contribution is 2.20. The van der Waals surface area contributed by atoms with Crippen molar-refractivity contribution < 1.29 is 39.6 Å². The van der Waals surface area contributed by atoms with E-state index in [2.05, 4.69) is 0 Å². The van der Waals surface area contributed by atoms with Crippen LogP contribution in [-0.4, -0.2) is 104 Å². The van der Waals surface area contributed by atoms with E-state index in [-0.39, 0.29) is 22.1 Å². The van der Waals surface area contributed by atoms with Gasteiger partial charge in [0.1, 0.15) is 37.5 Å². The van der Waals surface area contributed by atoms with Gasteiger partial charge in [-0.05, 0) is 0 Å². The third-order valence-corrected chi connectivity index (χ3v) is 3.92. The third kappa shape index (κ3) is 5.11. The van der Waals surface area contributed by atoms with Crippen molar-refractivity contribution in [1.82, 2.24) is 0 Å².